The van der Waals surface area contributed by atoms with Gasteiger partial charge in [0.05, 0.1) is 0 Å². The lowest BCUT2D eigenvalue weighted by Crippen LogP contribution is -2.16. The normalized spacial score (nSPS) is 16.6. The van der Waals surface area contributed by atoms with E-state index in [4.69, 9.17) is 0 Å². The van der Waals surface area contributed by atoms with Crippen molar-refractivity contribution in [3.05, 3.63) is 45.2 Å². The third-order valence-electron chi connectivity index (χ3n) is 3.73. The van der Waals surface area contributed by atoms with Crippen molar-refractivity contribution in [2.75, 3.05) is 7.05 Å². The van der Waals surface area contributed by atoms with Crippen LogP contribution in [0.2, 0.25) is 0 Å². The number of nitrogens with one attached hydrogen (secondary N) is 1. The van der Waals surface area contributed by atoms with Gasteiger partial charge in [-0.25, -0.2) is 0 Å². The maximum Gasteiger partial charge on any atom is 0.0441 e. The van der Waals surface area contributed by atoms with Crippen LogP contribution in [0.1, 0.15) is 29.3 Å². The monoisotopic (exact) mass is 335 g/mol. The van der Waals surface area contributed by atoms with E-state index < -0.39 is 0 Å². The Bertz CT molecular complexity index is 586. The van der Waals surface area contributed by atoms with Crippen LogP contribution < -0.4 is 5.32 Å². The van der Waals surface area contributed by atoms with Gasteiger partial charge in [0.2, 0.25) is 0 Å². The molecule has 0 saturated heterocycles. The predicted octanol–water partition coefficient (Wildman–Crippen LogP) is 5.16. The van der Waals surface area contributed by atoms with E-state index in [9.17, 15) is 0 Å². The smallest absolute Gasteiger partial charge is 0.0441 e. The first kappa shape index (κ1) is 13.3. The molecule has 2 aromatic rings. The van der Waals surface area contributed by atoms with Gasteiger partial charge in [0.1, 0.15) is 0 Å². The molecule has 1 N–H and O–H groups in total. The summed E-state index contributed by atoms with van der Waals surface area (Å²) in [6.45, 7) is 2.14. The molecule has 100 valence electrons. The lowest BCUT2D eigenvalue weighted by molar-refractivity contribution is 0.537. The summed E-state index contributed by atoms with van der Waals surface area (Å²) in [5, 5.41) is 3.47. The van der Waals surface area contributed by atoms with E-state index in [-0.39, 0.29) is 0 Å². The highest BCUT2D eigenvalue weighted by molar-refractivity contribution is 9.10. The summed E-state index contributed by atoms with van der Waals surface area (Å²) in [5.74, 6) is 0.845. The molecule has 1 aliphatic rings. The van der Waals surface area contributed by atoms with Gasteiger partial charge in [0.15, 0.2) is 0 Å². The van der Waals surface area contributed by atoms with Crippen LogP contribution in [0.5, 0.6) is 0 Å². The van der Waals surface area contributed by atoms with Gasteiger partial charge in [-0.05, 0) is 57.0 Å². The molecule has 1 unspecified atom stereocenters. The van der Waals surface area contributed by atoms with E-state index in [0.29, 0.717) is 6.04 Å². The Morgan fingerprint density at radius 1 is 1.26 bits per heavy atom. The molecule has 0 spiro atoms. The zero-order valence-corrected chi connectivity index (χ0v) is 13.6. The van der Waals surface area contributed by atoms with Crippen molar-refractivity contribution in [1.82, 2.24) is 5.32 Å². The van der Waals surface area contributed by atoms with Gasteiger partial charge >= 0.3 is 0 Å². The van der Waals surface area contributed by atoms with Gasteiger partial charge in [0.25, 0.3) is 0 Å². The molecule has 1 aromatic carbocycles. The number of hydrogen-bond donors (Lipinski definition) is 1. The molecule has 1 aromatic heterocycles. The van der Waals surface area contributed by atoms with E-state index in [0.717, 1.165) is 5.92 Å². The molecular weight excluding hydrogens is 318 g/mol. The minimum Gasteiger partial charge on any atom is -0.312 e. The van der Waals surface area contributed by atoms with E-state index in [1.54, 1.807) is 0 Å². The van der Waals surface area contributed by atoms with Crippen molar-refractivity contribution >= 4 is 27.3 Å². The zero-order chi connectivity index (χ0) is 13.4. The fourth-order valence-corrected chi connectivity index (χ4v) is 4.37. The first-order chi connectivity index (χ1) is 9.19. The number of rotatable bonds is 4. The summed E-state index contributed by atoms with van der Waals surface area (Å²) in [6, 6.07) is 11.6. The number of benzene rings is 1. The summed E-state index contributed by atoms with van der Waals surface area (Å²) in [7, 11) is 2.07. The zero-order valence-electron chi connectivity index (χ0n) is 11.2. The molecule has 3 rings (SSSR count). The quantitative estimate of drug-likeness (QED) is 0.813. The molecule has 0 bridgehead atoms. The second-order valence-electron chi connectivity index (χ2n) is 5.29. The van der Waals surface area contributed by atoms with Crippen molar-refractivity contribution in [3.63, 3.8) is 0 Å². The molecule has 19 heavy (non-hydrogen) atoms. The molecular formula is C16H18BrNS. The number of hydrogen-bond acceptors (Lipinski definition) is 2. The van der Waals surface area contributed by atoms with Crippen molar-refractivity contribution < 1.29 is 0 Å². The molecule has 3 heteroatoms. The van der Waals surface area contributed by atoms with Gasteiger partial charge in [-0.3, -0.25) is 0 Å². The van der Waals surface area contributed by atoms with E-state index >= 15 is 0 Å². The van der Waals surface area contributed by atoms with E-state index in [1.165, 1.54) is 38.2 Å². The highest BCUT2D eigenvalue weighted by Crippen LogP contribution is 2.44. The second kappa shape index (κ2) is 5.39. The van der Waals surface area contributed by atoms with Crippen LogP contribution in [0.15, 0.2) is 34.8 Å². The van der Waals surface area contributed by atoms with Crippen LogP contribution in [-0.2, 0) is 0 Å². The molecule has 1 fully saturated rings. The SMILES string of the molecule is CNC(c1ccc(-c2cc(C)ccc2Br)s1)C1CC1. The van der Waals surface area contributed by atoms with Crippen molar-refractivity contribution in [2.24, 2.45) is 5.92 Å². The third kappa shape index (κ3) is 2.78. The lowest BCUT2D eigenvalue weighted by atomic mass is 10.1. The summed E-state index contributed by atoms with van der Waals surface area (Å²) >= 11 is 5.58. The number of aryl methyl sites for hydroxylation is 1. The molecule has 0 amide bonds. The molecule has 1 aliphatic carbocycles. The lowest BCUT2D eigenvalue weighted by Gasteiger charge is -2.12. The largest absolute Gasteiger partial charge is 0.312 e. The Balaban J connectivity index is 1.94. The van der Waals surface area contributed by atoms with Crippen molar-refractivity contribution in [3.8, 4) is 10.4 Å². The van der Waals surface area contributed by atoms with E-state index in [2.05, 4.69) is 65.5 Å². The fraction of sp³-hybridized carbons (Fsp3) is 0.375. The Kier molecular flexibility index (Phi) is 3.79. The Morgan fingerprint density at radius 3 is 2.74 bits per heavy atom. The first-order valence-corrected chi connectivity index (χ1v) is 8.33. The van der Waals surface area contributed by atoms with Gasteiger partial charge in [-0.1, -0.05) is 27.6 Å². The second-order valence-corrected chi connectivity index (χ2v) is 7.26. The topological polar surface area (TPSA) is 12.0 Å². The average molecular weight is 336 g/mol. The Morgan fingerprint density at radius 2 is 2.05 bits per heavy atom. The molecule has 0 radical (unpaired) electrons. The number of halogens is 1. The van der Waals surface area contributed by atoms with Crippen molar-refractivity contribution in [2.45, 2.75) is 25.8 Å². The van der Waals surface area contributed by atoms with Crippen LogP contribution in [0.3, 0.4) is 0 Å². The minimum absolute atomic E-state index is 0.544. The predicted molar refractivity (Wildman–Crippen MR) is 86.7 cm³/mol. The van der Waals surface area contributed by atoms with Crippen LogP contribution in [0.25, 0.3) is 10.4 Å². The summed E-state index contributed by atoms with van der Waals surface area (Å²) < 4.78 is 1.18. The Labute approximate surface area is 127 Å². The molecule has 1 atom stereocenters. The summed E-state index contributed by atoms with van der Waals surface area (Å²) in [4.78, 5) is 2.82. The Hall–Kier alpha value is -0.640. The van der Waals surface area contributed by atoms with Gasteiger partial charge < -0.3 is 5.32 Å². The van der Waals surface area contributed by atoms with E-state index in [1.807, 2.05) is 11.3 Å². The van der Waals surface area contributed by atoms with Crippen LogP contribution in [0.4, 0.5) is 0 Å². The van der Waals surface area contributed by atoms with Gasteiger partial charge in [-0.2, -0.15) is 0 Å². The van der Waals surface area contributed by atoms with Crippen molar-refractivity contribution in [1.29, 1.82) is 0 Å². The fourth-order valence-electron chi connectivity index (χ4n) is 2.53. The molecule has 1 heterocycles. The van der Waals surface area contributed by atoms with Gasteiger partial charge in [0, 0.05) is 25.8 Å². The van der Waals surface area contributed by atoms with Crippen LogP contribution in [0, 0.1) is 12.8 Å². The molecule has 1 saturated carbocycles. The first-order valence-electron chi connectivity index (χ1n) is 6.72. The third-order valence-corrected chi connectivity index (χ3v) is 5.62. The minimum atomic E-state index is 0.544. The average Bonchev–Trinajstić information content (AvgIpc) is 3.11. The number of thiophene rings is 1. The molecule has 1 nitrogen and oxygen atoms in total. The highest BCUT2D eigenvalue weighted by atomic mass is 79.9. The highest BCUT2D eigenvalue weighted by Gasteiger charge is 2.32. The van der Waals surface area contributed by atoms with Crippen LogP contribution in [-0.4, -0.2) is 7.05 Å². The standard InChI is InChI=1S/C16H18BrNS/c1-10-3-6-13(17)12(9-10)14-7-8-15(19-14)16(18-2)11-4-5-11/h3,6-9,11,16,18H,4-5H2,1-2H3. The maximum atomic E-state index is 3.66. The van der Waals surface area contributed by atoms with Gasteiger partial charge in [-0.15, -0.1) is 11.3 Å². The maximum absolute atomic E-state index is 3.66. The molecule has 0 aliphatic heterocycles. The summed E-state index contributed by atoms with van der Waals surface area (Å²) in [6.07, 6.45) is 2.74. The van der Waals surface area contributed by atoms with Crippen LogP contribution >= 0.6 is 27.3 Å². The summed E-state index contributed by atoms with van der Waals surface area (Å²) in [5.41, 5.74) is 2.61.